The maximum Gasteiger partial charge on any atom is 0.336 e. The van der Waals surface area contributed by atoms with Crippen LogP contribution in [-0.2, 0) is 0 Å². The van der Waals surface area contributed by atoms with Crippen LogP contribution in [-0.4, -0.2) is 26.8 Å². The molecule has 0 unspecified atom stereocenters. The summed E-state index contributed by atoms with van der Waals surface area (Å²) in [4.78, 5) is 42.5. The second kappa shape index (κ2) is 9.41. The molecule has 7 nitrogen and oxygen atoms in total. The van der Waals surface area contributed by atoms with Gasteiger partial charge in [0.25, 0.3) is 5.56 Å². The van der Waals surface area contributed by atoms with E-state index in [9.17, 15) is 14.4 Å². The summed E-state index contributed by atoms with van der Waals surface area (Å²) in [5.74, 6) is -1.51. The largest absolute Gasteiger partial charge is 0.478 e. The molecule has 0 aliphatic rings. The number of hydrogen-bond donors (Lipinski definition) is 2. The molecule has 0 spiro atoms. The van der Waals surface area contributed by atoms with Crippen molar-refractivity contribution in [1.29, 1.82) is 0 Å². The number of carbonyl (C=O) groups is 2. The zero-order valence-electron chi connectivity index (χ0n) is 16.6. The third kappa shape index (κ3) is 4.97. The molecular weight excluding hydrogens is 394 g/mol. The number of aromatic carboxylic acids is 1. The molecule has 3 aromatic carbocycles. The van der Waals surface area contributed by atoms with Crippen LogP contribution in [0.1, 0.15) is 32.0 Å². The number of nitrogens with zero attached hydrogens (tertiary/aromatic N) is 2. The van der Waals surface area contributed by atoms with E-state index in [2.05, 4.69) is 9.97 Å². The first-order valence-electron chi connectivity index (χ1n) is 9.32. The van der Waals surface area contributed by atoms with Crippen molar-refractivity contribution in [2.45, 2.75) is 6.92 Å². The van der Waals surface area contributed by atoms with E-state index in [4.69, 9.17) is 10.8 Å². The Balaban J connectivity index is 0.000000185. The van der Waals surface area contributed by atoms with Crippen LogP contribution >= 0.6 is 0 Å². The molecule has 0 radical (unpaired) electrons. The molecule has 0 bridgehead atoms. The normalized spacial score (nSPS) is 10.1. The second-order valence-corrected chi connectivity index (χ2v) is 6.59. The molecule has 0 saturated carbocycles. The van der Waals surface area contributed by atoms with E-state index in [1.807, 2.05) is 18.2 Å². The Labute approximate surface area is 177 Å². The Kier molecular flexibility index (Phi) is 6.47. The highest BCUT2D eigenvalue weighted by molar-refractivity contribution is 6.16. The predicted octanol–water partition coefficient (Wildman–Crippen LogP) is 3.50. The van der Waals surface area contributed by atoms with Crippen molar-refractivity contribution in [3.63, 3.8) is 0 Å². The molecular formula is C24H19N3O4. The van der Waals surface area contributed by atoms with Crippen molar-refractivity contribution < 1.29 is 14.7 Å². The molecule has 1 heterocycles. The molecule has 7 heteroatoms. The molecule has 3 N–H and O–H groups in total. The van der Waals surface area contributed by atoms with E-state index in [0.29, 0.717) is 22.5 Å². The third-order valence-electron chi connectivity index (χ3n) is 4.47. The molecule has 0 fully saturated rings. The fourth-order valence-corrected chi connectivity index (χ4v) is 2.83. The van der Waals surface area contributed by atoms with E-state index in [0.717, 1.165) is 5.39 Å². The highest BCUT2D eigenvalue weighted by Gasteiger charge is 2.18. The summed E-state index contributed by atoms with van der Waals surface area (Å²) >= 11 is 0. The molecule has 0 atom stereocenters. The first-order valence-corrected chi connectivity index (χ1v) is 9.32. The van der Waals surface area contributed by atoms with Gasteiger partial charge in [-0.25, -0.2) is 9.78 Å². The number of rotatable bonds is 3. The van der Waals surface area contributed by atoms with Gasteiger partial charge in [0.05, 0.1) is 11.1 Å². The van der Waals surface area contributed by atoms with Crippen LogP contribution in [0.4, 0.5) is 5.69 Å². The molecule has 4 aromatic rings. The number of nitrogen functional groups attached to an aromatic ring is 1. The fourth-order valence-electron chi connectivity index (χ4n) is 2.83. The quantitative estimate of drug-likeness (QED) is 0.389. The van der Waals surface area contributed by atoms with Gasteiger partial charge in [0.1, 0.15) is 5.69 Å². The van der Waals surface area contributed by atoms with Crippen LogP contribution in [0.15, 0.2) is 83.8 Å². The number of carbonyl (C=O) groups excluding carboxylic acids is 1. The highest BCUT2D eigenvalue weighted by Crippen LogP contribution is 2.19. The Morgan fingerprint density at radius 1 is 0.839 bits per heavy atom. The number of aryl methyl sites for hydroxylation is 1. The smallest absolute Gasteiger partial charge is 0.336 e. The van der Waals surface area contributed by atoms with Crippen molar-refractivity contribution in [3.8, 4) is 0 Å². The lowest BCUT2D eigenvalue weighted by Gasteiger charge is -2.07. The number of aromatic nitrogens is 2. The van der Waals surface area contributed by atoms with Crippen LogP contribution in [0.25, 0.3) is 10.9 Å². The van der Waals surface area contributed by atoms with E-state index in [-0.39, 0.29) is 22.5 Å². The van der Waals surface area contributed by atoms with Gasteiger partial charge >= 0.3 is 5.97 Å². The van der Waals surface area contributed by atoms with Gasteiger partial charge in [-0.3, -0.25) is 14.6 Å². The Morgan fingerprint density at radius 3 is 2.10 bits per heavy atom. The lowest BCUT2D eigenvalue weighted by molar-refractivity contribution is 0.0693. The van der Waals surface area contributed by atoms with Crippen LogP contribution in [0.2, 0.25) is 0 Å². The summed E-state index contributed by atoms with van der Waals surface area (Å²) in [6, 6.07) is 20.1. The lowest BCUT2D eigenvalue weighted by Crippen LogP contribution is -2.11. The molecule has 4 rings (SSSR count). The van der Waals surface area contributed by atoms with Gasteiger partial charge in [0.15, 0.2) is 5.78 Å². The molecule has 1 aromatic heterocycles. The van der Waals surface area contributed by atoms with Crippen LogP contribution in [0.3, 0.4) is 0 Å². The molecule has 0 aliphatic carbocycles. The SMILES string of the molecule is Cc1ncc2ccccc2nc1=O.Nc1ccccc1C(=O)c1ccccc1C(=O)O. The minimum absolute atomic E-state index is 0.0225. The zero-order chi connectivity index (χ0) is 22.4. The van der Waals surface area contributed by atoms with Crippen molar-refractivity contribution >= 4 is 28.3 Å². The second-order valence-electron chi connectivity index (χ2n) is 6.59. The minimum Gasteiger partial charge on any atom is -0.478 e. The summed E-state index contributed by atoms with van der Waals surface area (Å²) in [5.41, 5.74) is 7.34. The number of benzene rings is 3. The monoisotopic (exact) mass is 413 g/mol. The van der Waals surface area contributed by atoms with Gasteiger partial charge in [0.2, 0.25) is 0 Å². The Bertz CT molecular complexity index is 1340. The predicted molar refractivity (Wildman–Crippen MR) is 118 cm³/mol. The molecule has 0 aliphatic heterocycles. The third-order valence-corrected chi connectivity index (χ3v) is 4.47. The summed E-state index contributed by atoms with van der Waals surface area (Å²) in [6.07, 6.45) is 1.67. The number of anilines is 1. The van der Waals surface area contributed by atoms with Crippen LogP contribution in [0.5, 0.6) is 0 Å². The average Bonchev–Trinajstić information content (AvgIpc) is 2.92. The first kappa shape index (κ1) is 21.3. The number of hydrogen-bond acceptors (Lipinski definition) is 6. The molecule has 31 heavy (non-hydrogen) atoms. The summed E-state index contributed by atoms with van der Waals surface area (Å²) in [7, 11) is 0. The van der Waals surface area contributed by atoms with E-state index in [1.165, 1.54) is 12.1 Å². The van der Waals surface area contributed by atoms with Crippen molar-refractivity contribution in [2.75, 3.05) is 5.73 Å². The molecule has 0 saturated heterocycles. The standard InChI is InChI=1S/C14H11NO3.C10H8N2O/c15-12-8-4-3-7-11(12)13(16)9-5-1-2-6-10(9)14(17)18;1-7-10(13)12-9-5-3-2-4-8(9)6-11-7/h1-8H,15H2,(H,17,18);2-6H,1H3. The number of fused-ring (bicyclic) bond motifs is 1. The van der Waals surface area contributed by atoms with E-state index < -0.39 is 5.97 Å². The summed E-state index contributed by atoms with van der Waals surface area (Å²) < 4.78 is 0. The molecule has 154 valence electrons. The zero-order valence-corrected chi connectivity index (χ0v) is 16.6. The van der Waals surface area contributed by atoms with E-state index in [1.54, 1.807) is 55.6 Å². The summed E-state index contributed by atoms with van der Waals surface area (Å²) in [6.45, 7) is 1.66. The first-order chi connectivity index (χ1) is 14.9. The van der Waals surface area contributed by atoms with Gasteiger partial charge in [-0.15, -0.1) is 0 Å². The van der Waals surface area contributed by atoms with Gasteiger partial charge in [-0.05, 0) is 31.2 Å². The summed E-state index contributed by atoms with van der Waals surface area (Å²) in [5, 5.41) is 9.93. The van der Waals surface area contributed by atoms with Crippen LogP contribution < -0.4 is 11.3 Å². The van der Waals surface area contributed by atoms with Gasteiger partial charge < -0.3 is 10.8 Å². The van der Waals surface area contributed by atoms with Gasteiger partial charge in [-0.2, -0.15) is 0 Å². The van der Waals surface area contributed by atoms with Crippen molar-refractivity contribution in [3.05, 3.63) is 112 Å². The number of carboxylic acids is 1. The number of ketones is 1. The minimum atomic E-state index is -1.13. The maximum atomic E-state index is 12.2. The fraction of sp³-hybridized carbons (Fsp3) is 0.0417. The maximum absolute atomic E-state index is 12.2. The van der Waals surface area contributed by atoms with Crippen molar-refractivity contribution in [2.24, 2.45) is 0 Å². The number of carboxylic acid groups (broad SMARTS) is 1. The number of nitrogens with two attached hydrogens (primary N) is 1. The Hall–Kier alpha value is -4.39. The van der Waals surface area contributed by atoms with Gasteiger partial charge in [-0.1, -0.05) is 48.5 Å². The van der Waals surface area contributed by atoms with Gasteiger partial charge in [0, 0.05) is 28.4 Å². The molecule has 0 amide bonds. The highest BCUT2D eigenvalue weighted by atomic mass is 16.4. The van der Waals surface area contributed by atoms with E-state index >= 15 is 0 Å². The number of para-hydroxylation sites is 2. The van der Waals surface area contributed by atoms with Crippen LogP contribution in [0, 0.1) is 6.92 Å². The topological polar surface area (TPSA) is 123 Å². The Morgan fingerprint density at radius 2 is 1.42 bits per heavy atom. The average molecular weight is 413 g/mol. The lowest BCUT2D eigenvalue weighted by atomic mass is 9.97. The van der Waals surface area contributed by atoms with Crippen molar-refractivity contribution in [1.82, 2.24) is 9.97 Å².